The highest BCUT2D eigenvalue weighted by Crippen LogP contribution is 2.28. The number of rotatable bonds is 8. The first-order chi connectivity index (χ1) is 13.8. The molecule has 0 aromatic heterocycles. The number of nitrogens with zero attached hydrogens (tertiary/aromatic N) is 1. The van der Waals surface area contributed by atoms with Gasteiger partial charge in [0.2, 0.25) is 5.78 Å². The molecule has 0 bridgehead atoms. The van der Waals surface area contributed by atoms with E-state index in [1.54, 1.807) is 24.3 Å². The molecule has 150 valence electrons. The standard InChI is InChI=1S/C23H23NO5/c1-15-11-16(2)23(17(3)12-15)19(25)14-29-22(26)8-6-18-5-7-20(28-10-9-24)21(13-18)27-4/h5-8,11-13H,10,14H2,1-4H3/b8-6+. The van der Waals surface area contributed by atoms with E-state index in [4.69, 9.17) is 19.5 Å². The van der Waals surface area contributed by atoms with Crippen molar-refractivity contribution in [1.29, 1.82) is 5.26 Å². The van der Waals surface area contributed by atoms with Gasteiger partial charge in [0, 0.05) is 11.6 Å². The van der Waals surface area contributed by atoms with Crippen LogP contribution in [0, 0.1) is 32.1 Å². The fourth-order valence-corrected chi connectivity index (χ4v) is 3.06. The fraction of sp³-hybridized carbons (Fsp3) is 0.261. The molecular formula is C23H23NO5. The number of aryl methyl sites for hydroxylation is 3. The zero-order valence-corrected chi connectivity index (χ0v) is 16.9. The van der Waals surface area contributed by atoms with Gasteiger partial charge in [-0.25, -0.2) is 4.79 Å². The predicted octanol–water partition coefficient (Wildman–Crippen LogP) is 3.96. The highest BCUT2D eigenvalue weighted by molar-refractivity contribution is 6.01. The van der Waals surface area contributed by atoms with Crippen LogP contribution in [0.5, 0.6) is 11.5 Å². The van der Waals surface area contributed by atoms with Crippen molar-refractivity contribution in [3.63, 3.8) is 0 Å². The summed E-state index contributed by atoms with van der Waals surface area (Å²) in [5, 5.41) is 8.59. The third-order valence-corrected chi connectivity index (χ3v) is 4.19. The molecule has 0 radical (unpaired) electrons. The largest absolute Gasteiger partial charge is 0.493 e. The lowest BCUT2D eigenvalue weighted by molar-refractivity contribution is -0.136. The summed E-state index contributed by atoms with van der Waals surface area (Å²) in [6.07, 6.45) is 2.79. The number of methoxy groups -OCH3 is 1. The first-order valence-electron chi connectivity index (χ1n) is 8.99. The molecule has 0 aliphatic heterocycles. The van der Waals surface area contributed by atoms with Gasteiger partial charge in [0.15, 0.2) is 24.7 Å². The Morgan fingerprint density at radius 3 is 2.38 bits per heavy atom. The smallest absolute Gasteiger partial charge is 0.331 e. The number of hydrogen-bond donors (Lipinski definition) is 0. The van der Waals surface area contributed by atoms with E-state index < -0.39 is 5.97 Å². The van der Waals surface area contributed by atoms with Gasteiger partial charge in [-0.2, -0.15) is 5.26 Å². The van der Waals surface area contributed by atoms with E-state index in [1.807, 2.05) is 39.0 Å². The van der Waals surface area contributed by atoms with Gasteiger partial charge in [0.25, 0.3) is 0 Å². The Labute approximate surface area is 170 Å². The minimum absolute atomic E-state index is 0.0914. The van der Waals surface area contributed by atoms with E-state index in [-0.39, 0.29) is 19.0 Å². The Kier molecular flexibility index (Phi) is 7.55. The van der Waals surface area contributed by atoms with Crippen molar-refractivity contribution >= 4 is 17.8 Å². The molecule has 6 nitrogen and oxygen atoms in total. The second kappa shape index (κ2) is 10.1. The van der Waals surface area contributed by atoms with E-state index >= 15 is 0 Å². The summed E-state index contributed by atoms with van der Waals surface area (Å²) < 4.78 is 15.6. The quantitative estimate of drug-likeness (QED) is 0.383. The molecule has 0 saturated carbocycles. The van der Waals surface area contributed by atoms with E-state index in [0.29, 0.717) is 22.6 Å². The van der Waals surface area contributed by atoms with Crippen LogP contribution in [0.3, 0.4) is 0 Å². The Hall–Kier alpha value is -3.59. The molecular weight excluding hydrogens is 370 g/mol. The van der Waals surface area contributed by atoms with Crippen LogP contribution >= 0.6 is 0 Å². The Balaban J connectivity index is 2.00. The Bertz CT molecular complexity index is 962. The van der Waals surface area contributed by atoms with Crippen LogP contribution in [0.2, 0.25) is 0 Å². The van der Waals surface area contributed by atoms with Crippen LogP contribution < -0.4 is 9.47 Å². The maximum Gasteiger partial charge on any atom is 0.331 e. The molecule has 29 heavy (non-hydrogen) atoms. The van der Waals surface area contributed by atoms with E-state index in [1.165, 1.54) is 13.2 Å². The number of esters is 1. The van der Waals surface area contributed by atoms with Gasteiger partial charge >= 0.3 is 5.97 Å². The van der Waals surface area contributed by atoms with Crippen LogP contribution in [-0.2, 0) is 9.53 Å². The van der Waals surface area contributed by atoms with Gasteiger partial charge < -0.3 is 14.2 Å². The number of hydrogen-bond acceptors (Lipinski definition) is 6. The summed E-state index contributed by atoms with van der Waals surface area (Å²) in [5.41, 5.74) is 4.08. The van der Waals surface area contributed by atoms with Gasteiger partial charge in [-0.1, -0.05) is 23.8 Å². The first kappa shape index (κ1) is 21.7. The minimum atomic E-state index is -0.621. The molecule has 6 heteroatoms. The Morgan fingerprint density at radius 2 is 1.76 bits per heavy atom. The number of nitriles is 1. The van der Waals surface area contributed by atoms with Crippen LogP contribution in [0.4, 0.5) is 0 Å². The first-order valence-corrected chi connectivity index (χ1v) is 8.99. The maximum absolute atomic E-state index is 12.4. The van der Waals surface area contributed by atoms with Crippen LogP contribution in [0.1, 0.15) is 32.6 Å². The Morgan fingerprint density at radius 1 is 1.07 bits per heavy atom. The summed E-state index contributed by atoms with van der Waals surface area (Å²) in [4.78, 5) is 24.4. The SMILES string of the molecule is COc1cc(/C=C/C(=O)OCC(=O)c2c(C)cc(C)cc2C)ccc1OCC#N. The van der Waals surface area contributed by atoms with Crippen LogP contribution in [0.25, 0.3) is 6.08 Å². The zero-order valence-electron chi connectivity index (χ0n) is 16.9. The number of Topliss-reactive ketones (excluding diaryl/α,β-unsaturated/α-hetero) is 1. The zero-order chi connectivity index (χ0) is 21.4. The number of ketones is 1. The highest BCUT2D eigenvalue weighted by atomic mass is 16.5. The number of carbonyl (C=O) groups is 2. The van der Waals surface area contributed by atoms with Crippen molar-refractivity contribution in [2.24, 2.45) is 0 Å². The number of carbonyl (C=O) groups excluding carboxylic acids is 2. The molecule has 0 saturated heterocycles. The molecule has 2 aromatic rings. The molecule has 0 aliphatic rings. The van der Waals surface area contributed by atoms with E-state index in [0.717, 1.165) is 16.7 Å². The van der Waals surface area contributed by atoms with E-state index in [2.05, 4.69) is 0 Å². The molecule has 0 spiro atoms. The molecule has 0 N–H and O–H groups in total. The van der Waals surface area contributed by atoms with Gasteiger partial charge in [-0.15, -0.1) is 0 Å². The lowest BCUT2D eigenvalue weighted by Crippen LogP contribution is -2.15. The van der Waals surface area contributed by atoms with Crippen LogP contribution in [-0.4, -0.2) is 32.1 Å². The van der Waals surface area contributed by atoms with Crippen molar-refractivity contribution in [3.05, 3.63) is 64.2 Å². The van der Waals surface area contributed by atoms with Crippen molar-refractivity contribution in [3.8, 4) is 17.6 Å². The number of ether oxygens (including phenoxy) is 3. The van der Waals surface area contributed by atoms with Gasteiger partial charge in [-0.3, -0.25) is 4.79 Å². The van der Waals surface area contributed by atoms with Crippen molar-refractivity contribution in [2.45, 2.75) is 20.8 Å². The molecule has 0 unspecified atom stereocenters. The van der Waals surface area contributed by atoms with Crippen molar-refractivity contribution in [2.75, 3.05) is 20.3 Å². The molecule has 2 aromatic carbocycles. The lowest BCUT2D eigenvalue weighted by Gasteiger charge is -2.10. The molecule has 2 rings (SSSR count). The van der Waals surface area contributed by atoms with Gasteiger partial charge in [-0.05, 0) is 55.7 Å². The molecule has 0 heterocycles. The van der Waals surface area contributed by atoms with Crippen molar-refractivity contribution in [1.82, 2.24) is 0 Å². The fourth-order valence-electron chi connectivity index (χ4n) is 3.06. The number of benzene rings is 2. The molecule has 0 amide bonds. The predicted molar refractivity (Wildman–Crippen MR) is 109 cm³/mol. The average molecular weight is 393 g/mol. The summed E-state index contributed by atoms with van der Waals surface area (Å²) in [7, 11) is 1.48. The van der Waals surface area contributed by atoms with Crippen LogP contribution in [0.15, 0.2) is 36.4 Å². The van der Waals surface area contributed by atoms with Gasteiger partial charge in [0.1, 0.15) is 6.07 Å². The highest BCUT2D eigenvalue weighted by Gasteiger charge is 2.14. The summed E-state index contributed by atoms with van der Waals surface area (Å²) in [6.45, 7) is 5.29. The normalized spacial score (nSPS) is 10.4. The molecule has 0 aliphatic carbocycles. The third-order valence-electron chi connectivity index (χ3n) is 4.19. The monoisotopic (exact) mass is 393 g/mol. The summed E-state index contributed by atoms with van der Waals surface area (Å²) in [6, 6.07) is 10.8. The third kappa shape index (κ3) is 5.94. The minimum Gasteiger partial charge on any atom is -0.493 e. The molecule has 0 atom stereocenters. The lowest BCUT2D eigenvalue weighted by atomic mass is 9.97. The molecule has 0 fully saturated rings. The van der Waals surface area contributed by atoms with E-state index in [9.17, 15) is 9.59 Å². The van der Waals surface area contributed by atoms with Gasteiger partial charge in [0.05, 0.1) is 7.11 Å². The summed E-state index contributed by atoms with van der Waals surface area (Å²) >= 11 is 0. The second-order valence-corrected chi connectivity index (χ2v) is 6.50. The second-order valence-electron chi connectivity index (χ2n) is 6.50. The topological polar surface area (TPSA) is 85.6 Å². The average Bonchev–Trinajstić information content (AvgIpc) is 2.68. The summed E-state index contributed by atoms with van der Waals surface area (Å²) in [5.74, 6) is 0.0198. The maximum atomic E-state index is 12.4. The van der Waals surface area contributed by atoms with Crippen molar-refractivity contribution < 1.29 is 23.8 Å².